The molecule has 1 heterocycles. The van der Waals surface area contributed by atoms with E-state index < -0.39 is 0 Å². The summed E-state index contributed by atoms with van der Waals surface area (Å²) in [6.45, 7) is 5.05. The van der Waals surface area contributed by atoms with Crippen LogP contribution >= 0.6 is 0 Å². The Labute approximate surface area is 85.3 Å². The van der Waals surface area contributed by atoms with Crippen LogP contribution in [-0.2, 0) is 6.54 Å². The third-order valence-corrected chi connectivity index (χ3v) is 3.11. The molecule has 0 bridgehead atoms. The number of hydrogen-bond acceptors (Lipinski definition) is 2. The molecule has 1 aromatic heterocycles. The van der Waals surface area contributed by atoms with Gasteiger partial charge >= 0.3 is 0 Å². The van der Waals surface area contributed by atoms with Gasteiger partial charge in [-0.3, -0.25) is 4.68 Å². The quantitative estimate of drug-likeness (QED) is 0.796. The van der Waals surface area contributed by atoms with E-state index in [2.05, 4.69) is 23.6 Å². The highest BCUT2D eigenvalue weighted by molar-refractivity contribution is 5.25. The number of rotatable bonds is 4. The average Bonchev–Trinajstić information content (AvgIpc) is 2.96. The Kier molecular flexibility index (Phi) is 2.59. The van der Waals surface area contributed by atoms with E-state index in [1.807, 2.05) is 6.20 Å². The first kappa shape index (κ1) is 9.71. The predicted octanol–water partition coefficient (Wildman–Crippen LogP) is 2.19. The van der Waals surface area contributed by atoms with Gasteiger partial charge in [0, 0.05) is 29.8 Å². The molecular formula is C11H19N3. The van der Waals surface area contributed by atoms with Crippen molar-refractivity contribution in [3.05, 3.63) is 17.5 Å². The van der Waals surface area contributed by atoms with Gasteiger partial charge in [-0.15, -0.1) is 0 Å². The molecule has 1 aliphatic rings. The van der Waals surface area contributed by atoms with E-state index >= 15 is 0 Å². The monoisotopic (exact) mass is 193 g/mol. The molecular weight excluding hydrogens is 174 g/mol. The first-order chi connectivity index (χ1) is 6.77. The standard InChI is InChI=1S/C11H19N3/c1-3-8(2)14-11(9-4-5-9)10(6-12)7-13-14/h7-9H,3-6,12H2,1-2H3. The molecule has 3 heteroatoms. The number of aromatic nitrogens is 2. The molecule has 1 saturated carbocycles. The molecule has 1 unspecified atom stereocenters. The van der Waals surface area contributed by atoms with Gasteiger partial charge in [0.25, 0.3) is 0 Å². The van der Waals surface area contributed by atoms with Crippen molar-refractivity contribution in [3.8, 4) is 0 Å². The summed E-state index contributed by atoms with van der Waals surface area (Å²) >= 11 is 0. The molecule has 14 heavy (non-hydrogen) atoms. The van der Waals surface area contributed by atoms with E-state index in [1.54, 1.807) is 0 Å². The summed E-state index contributed by atoms with van der Waals surface area (Å²) in [5.74, 6) is 0.741. The number of nitrogens with two attached hydrogens (primary N) is 1. The molecule has 0 spiro atoms. The normalized spacial score (nSPS) is 18.5. The smallest absolute Gasteiger partial charge is 0.0537 e. The summed E-state index contributed by atoms with van der Waals surface area (Å²) in [4.78, 5) is 0. The molecule has 0 saturated heterocycles. The van der Waals surface area contributed by atoms with Crippen LogP contribution in [0, 0.1) is 0 Å². The van der Waals surface area contributed by atoms with Crippen LogP contribution in [0.4, 0.5) is 0 Å². The van der Waals surface area contributed by atoms with Crippen LogP contribution in [0.5, 0.6) is 0 Å². The van der Waals surface area contributed by atoms with E-state index in [-0.39, 0.29) is 0 Å². The van der Waals surface area contributed by atoms with Crippen LogP contribution in [0.15, 0.2) is 6.20 Å². The lowest BCUT2D eigenvalue weighted by Gasteiger charge is -2.14. The van der Waals surface area contributed by atoms with Crippen LogP contribution in [0.3, 0.4) is 0 Å². The van der Waals surface area contributed by atoms with E-state index in [0.29, 0.717) is 12.6 Å². The van der Waals surface area contributed by atoms with Crippen molar-refractivity contribution in [1.29, 1.82) is 0 Å². The number of hydrogen-bond donors (Lipinski definition) is 1. The van der Waals surface area contributed by atoms with Gasteiger partial charge in [-0.25, -0.2) is 0 Å². The van der Waals surface area contributed by atoms with Crippen molar-refractivity contribution in [2.24, 2.45) is 5.73 Å². The second-order valence-corrected chi connectivity index (χ2v) is 4.24. The van der Waals surface area contributed by atoms with Gasteiger partial charge in [-0.05, 0) is 26.2 Å². The lowest BCUT2D eigenvalue weighted by atomic mass is 10.1. The molecule has 2 rings (SSSR count). The predicted molar refractivity (Wildman–Crippen MR) is 57.1 cm³/mol. The highest BCUT2D eigenvalue weighted by Crippen LogP contribution is 2.42. The molecule has 0 amide bonds. The fraction of sp³-hybridized carbons (Fsp3) is 0.727. The Morgan fingerprint density at radius 2 is 2.36 bits per heavy atom. The molecule has 0 radical (unpaired) electrons. The molecule has 1 aromatic rings. The zero-order valence-electron chi connectivity index (χ0n) is 9.03. The van der Waals surface area contributed by atoms with E-state index in [1.165, 1.54) is 24.1 Å². The lowest BCUT2D eigenvalue weighted by Crippen LogP contribution is -2.10. The largest absolute Gasteiger partial charge is 0.326 e. The zero-order chi connectivity index (χ0) is 10.1. The Bertz CT molecular complexity index is 312. The van der Waals surface area contributed by atoms with Crippen molar-refractivity contribution in [2.75, 3.05) is 0 Å². The minimum Gasteiger partial charge on any atom is -0.326 e. The van der Waals surface area contributed by atoms with Crippen molar-refractivity contribution in [1.82, 2.24) is 9.78 Å². The van der Waals surface area contributed by atoms with Gasteiger partial charge < -0.3 is 5.73 Å². The molecule has 78 valence electrons. The highest BCUT2D eigenvalue weighted by Gasteiger charge is 2.30. The third kappa shape index (κ3) is 1.57. The van der Waals surface area contributed by atoms with Crippen molar-refractivity contribution >= 4 is 0 Å². The minimum absolute atomic E-state index is 0.505. The maximum atomic E-state index is 5.72. The Balaban J connectivity index is 2.33. The van der Waals surface area contributed by atoms with Crippen LogP contribution < -0.4 is 5.73 Å². The fourth-order valence-electron chi connectivity index (χ4n) is 1.89. The van der Waals surface area contributed by atoms with Crippen molar-refractivity contribution < 1.29 is 0 Å². The fourth-order valence-corrected chi connectivity index (χ4v) is 1.89. The molecule has 0 aromatic carbocycles. The maximum absolute atomic E-state index is 5.72. The molecule has 1 aliphatic carbocycles. The van der Waals surface area contributed by atoms with Gasteiger partial charge in [0.2, 0.25) is 0 Å². The Morgan fingerprint density at radius 3 is 2.86 bits per heavy atom. The second kappa shape index (κ2) is 3.73. The zero-order valence-corrected chi connectivity index (χ0v) is 9.03. The molecule has 3 nitrogen and oxygen atoms in total. The average molecular weight is 193 g/mol. The molecule has 1 atom stereocenters. The summed E-state index contributed by atoms with van der Waals surface area (Å²) in [6.07, 6.45) is 5.70. The Morgan fingerprint density at radius 1 is 1.64 bits per heavy atom. The Hall–Kier alpha value is -0.830. The van der Waals surface area contributed by atoms with E-state index in [9.17, 15) is 0 Å². The van der Waals surface area contributed by atoms with Gasteiger partial charge in [0.05, 0.1) is 6.20 Å². The van der Waals surface area contributed by atoms with Gasteiger partial charge in [-0.2, -0.15) is 5.10 Å². The first-order valence-electron chi connectivity index (χ1n) is 5.54. The second-order valence-electron chi connectivity index (χ2n) is 4.24. The van der Waals surface area contributed by atoms with Crippen molar-refractivity contribution in [2.45, 2.75) is 51.6 Å². The number of nitrogens with zero attached hydrogens (tertiary/aromatic N) is 2. The summed E-state index contributed by atoms with van der Waals surface area (Å²) in [5, 5.41) is 4.46. The van der Waals surface area contributed by atoms with Crippen LogP contribution in [0.1, 0.15) is 56.3 Å². The summed E-state index contributed by atoms with van der Waals surface area (Å²) < 4.78 is 2.18. The van der Waals surface area contributed by atoms with Crippen LogP contribution in [-0.4, -0.2) is 9.78 Å². The van der Waals surface area contributed by atoms with Crippen LogP contribution in [0.25, 0.3) is 0 Å². The summed E-state index contributed by atoms with van der Waals surface area (Å²) in [5.41, 5.74) is 8.37. The van der Waals surface area contributed by atoms with E-state index in [0.717, 1.165) is 12.3 Å². The van der Waals surface area contributed by atoms with E-state index in [4.69, 9.17) is 5.73 Å². The molecule has 2 N–H and O–H groups in total. The SMILES string of the molecule is CCC(C)n1ncc(CN)c1C1CC1. The summed E-state index contributed by atoms with van der Waals surface area (Å²) in [6, 6.07) is 0.505. The van der Waals surface area contributed by atoms with Crippen LogP contribution in [0.2, 0.25) is 0 Å². The molecule has 1 fully saturated rings. The maximum Gasteiger partial charge on any atom is 0.0537 e. The minimum atomic E-state index is 0.505. The van der Waals surface area contributed by atoms with Gasteiger partial charge in [0.1, 0.15) is 0 Å². The lowest BCUT2D eigenvalue weighted by molar-refractivity contribution is 0.459. The summed E-state index contributed by atoms with van der Waals surface area (Å²) in [7, 11) is 0. The van der Waals surface area contributed by atoms with Crippen molar-refractivity contribution in [3.63, 3.8) is 0 Å². The van der Waals surface area contributed by atoms with Gasteiger partial charge in [0.15, 0.2) is 0 Å². The third-order valence-electron chi connectivity index (χ3n) is 3.11. The first-order valence-corrected chi connectivity index (χ1v) is 5.54. The topological polar surface area (TPSA) is 43.8 Å². The highest BCUT2D eigenvalue weighted by atomic mass is 15.3. The molecule has 0 aliphatic heterocycles. The van der Waals surface area contributed by atoms with Gasteiger partial charge in [-0.1, -0.05) is 6.92 Å².